The van der Waals surface area contributed by atoms with Crippen LogP contribution in [0, 0.1) is 6.92 Å². The van der Waals surface area contributed by atoms with Crippen LogP contribution in [0.4, 0.5) is 5.82 Å². The van der Waals surface area contributed by atoms with Crippen molar-refractivity contribution in [2.45, 2.75) is 25.9 Å². The second-order valence-corrected chi connectivity index (χ2v) is 4.47. The Morgan fingerprint density at radius 1 is 1.56 bits per heavy atom. The number of nitrogens with zero attached hydrogens (tertiary/aromatic N) is 2. The minimum atomic E-state index is -0.115. The number of ether oxygens (including phenoxy) is 1. The van der Waals surface area contributed by atoms with E-state index in [-0.39, 0.29) is 18.3 Å². The van der Waals surface area contributed by atoms with E-state index in [1.165, 1.54) is 6.07 Å². The molecule has 6 heteroatoms. The monoisotopic (exact) mass is 253 g/mol. The molecule has 1 aromatic heterocycles. The quantitative estimate of drug-likeness (QED) is 0.793. The standard InChI is InChI=1S/C12H19N3O3/c1-9-13-11(8-12(17)14-9)15-4-2-10(3-5-15)18-7-6-16/h8,10,16H,2-7H2,1H3,(H,13,14,17). The second-order valence-electron chi connectivity index (χ2n) is 4.47. The Bertz CT molecular complexity index is 438. The first kappa shape index (κ1) is 13.0. The Labute approximate surface area is 106 Å². The van der Waals surface area contributed by atoms with Gasteiger partial charge >= 0.3 is 0 Å². The van der Waals surface area contributed by atoms with E-state index >= 15 is 0 Å². The van der Waals surface area contributed by atoms with Gasteiger partial charge in [0, 0.05) is 19.2 Å². The van der Waals surface area contributed by atoms with Crippen molar-refractivity contribution in [3.63, 3.8) is 0 Å². The molecule has 0 unspecified atom stereocenters. The van der Waals surface area contributed by atoms with Crippen LogP contribution in [0.5, 0.6) is 0 Å². The molecular weight excluding hydrogens is 234 g/mol. The molecule has 2 heterocycles. The van der Waals surface area contributed by atoms with Crippen molar-refractivity contribution in [2.24, 2.45) is 0 Å². The summed E-state index contributed by atoms with van der Waals surface area (Å²) in [5.74, 6) is 1.37. The van der Waals surface area contributed by atoms with Gasteiger partial charge in [0.05, 0.1) is 19.3 Å². The van der Waals surface area contributed by atoms with E-state index in [0.29, 0.717) is 12.4 Å². The van der Waals surface area contributed by atoms with Crippen LogP contribution in [0.25, 0.3) is 0 Å². The molecule has 0 amide bonds. The molecule has 18 heavy (non-hydrogen) atoms. The summed E-state index contributed by atoms with van der Waals surface area (Å²) >= 11 is 0. The lowest BCUT2D eigenvalue weighted by Gasteiger charge is -2.32. The Morgan fingerprint density at radius 2 is 2.28 bits per heavy atom. The van der Waals surface area contributed by atoms with Crippen molar-refractivity contribution in [3.05, 3.63) is 22.2 Å². The minimum Gasteiger partial charge on any atom is -0.394 e. The zero-order chi connectivity index (χ0) is 13.0. The Morgan fingerprint density at radius 3 is 2.89 bits per heavy atom. The van der Waals surface area contributed by atoms with E-state index in [4.69, 9.17) is 9.84 Å². The second kappa shape index (κ2) is 5.97. The van der Waals surface area contributed by atoms with Crippen molar-refractivity contribution in [1.29, 1.82) is 0 Å². The Balaban J connectivity index is 1.94. The van der Waals surface area contributed by atoms with E-state index in [9.17, 15) is 4.79 Å². The molecule has 0 spiro atoms. The average molecular weight is 253 g/mol. The summed E-state index contributed by atoms with van der Waals surface area (Å²) in [4.78, 5) is 20.5. The van der Waals surface area contributed by atoms with Crippen molar-refractivity contribution in [2.75, 3.05) is 31.2 Å². The number of anilines is 1. The molecule has 1 aromatic rings. The number of aromatic amines is 1. The van der Waals surface area contributed by atoms with Gasteiger partial charge in [0.2, 0.25) is 0 Å². The molecular formula is C12H19N3O3. The van der Waals surface area contributed by atoms with Crippen LogP contribution >= 0.6 is 0 Å². The van der Waals surface area contributed by atoms with Crippen LogP contribution in [0.1, 0.15) is 18.7 Å². The number of aliphatic hydroxyl groups excluding tert-OH is 1. The summed E-state index contributed by atoms with van der Waals surface area (Å²) in [7, 11) is 0. The molecule has 0 aromatic carbocycles. The third-order valence-electron chi connectivity index (χ3n) is 3.06. The van der Waals surface area contributed by atoms with Crippen molar-refractivity contribution in [3.8, 4) is 0 Å². The Hall–Kier alpha value is -1.40. The van der Waals surface area contributed by atoms with Gasteiger partial charge in [0.15, 0.2) is 0 Å². The van der Waals surface area contributed by atoms with Gasteiger partial charge in [-0.25, -0.2) is 4.98 Å². The molecule has 1 saturated heterocycles. The summed E-state index contributed by atoms with van der Waals surface area (Å²) in [6, 6.07) is 1.53. The number of nitrogens with one attached hydrogen (secondary N) is 1. The number of aryl methyl sites for hydroxylation is 1. The first-order valence-electron chi connectivity index (χ1n) is 6.24. The molecule has 0 bridgehead atoms. The number of aromatic nitrogens is 2. The van der Waals surface area contributed by atoms with Gasteiger partial charge in [-0.15, -0.1) is 0 Å². The van der Waals surface area contributed by atoms with E-state index in [0.717, 1.165) is 31.7 Å². The lowest BCUT2D eigenvalue weighted by Crippen LogP contribution is -2.38. The molecule has 6 nitrogen and oxygen atoms in total. The number of H-pyrrole nitrogens is 1. The number of piperidine rings is 1. The topological polar surface area (TPSA) is 78.5 Å². The highest BCUT2D eigenvalue weighted by Gasteiger charge is 2.20. The minimum absolute atomic E-state index is 0.0645. The van der Waals surface area contributed by atoms with E-state index in [1.54, 1.807) is 6.92 Å². The Kier molecular flexibility index (Phi) is 4.33. The smallest absolute Gasteiger partial charge is 0.252 e. The summed E-state index contributed by atoms with van der Waals surface area (Å²) in [6.45, 7) is 3.89. The predicted octanol–water partition coefficient (Wildman–Crippen LogP) is 0.0560. The number of hydrogen-bond acceptors (Lipinski definition) is 5. The lowest BCUT2D eigenvalue weighted by molar-refractivity contribution is 0.0158. The summed E-state index contributed by atoms with van der Waals surface area (Å²) in [5.41, 5.74) is -0.115. The molecule has 0 radical (unpaired) electrons. The number of rotatable bonds is 4. The van der Waals surface area contributed by atoms with E-state index in [1.807, 2.05) is 0 Å². The molecule has 1 aliphatic rings. The highest BCUT2D eigenvalue weighted by molar-refractivity contribution is 5.37. The fourth-order valence-corrected chi connectivity index (χ4v) is 2.20. The fourth-order valence-electron chi connectivity index (χ4n) is 2.20. The van der Waals surface area contributed by atoms with E-state index < -0.39 is 0 Å². The average Bonchev–Trinajstić information content (AvgIpc) is 2.36. The predicted molar refractivity (Wildman–Crippen MR) is 67.9 cm³/mol. The van der Waals surface area contributed by atoms with Crippen molar-refractivity contribution in [1.82, 2.24) is 9.97 Å². The van der Waals surface area contributed by atoms with Crippen LogP contribution in [-0.4, -0.2) is 47.5 Å². The third kappa shape index (κ3) is 3.30. The van der Waals surface area contributed by atoms with E-state index in [2.05, 4.69) is 14.9 Å². The van der Waals surface area contributed by atoms with Crippen molar-refractivity contribution < 1.29 is 9.84 Å². The highest BCUT2D eigenvalue weighted by atomic mass is 16.5. The first-order chi connectivity index (χ1) is 8.69. The highest BCUT2D eigenvalue weighted by Crippen LogP contribution is 2.18. The van der Waals surface area contributed by atoms with Crippen molar-refractivity contribution >= 4 is 5.82 Å². The van der Waals surface area contributed by atoms with Gasteiger partial charge in [-0.2, -0.15) is 0 Å². The first-order valence-corrected chi connectivity index (χ1v) is 6.24. The van der Waals surface area contributed by atoms with Gasteiger partial charge in [-0.3, -0.25) is 4.79 Å². The number of hydrogen-bond donors (Lipinski definition) is 2. The van der Waals surface area contributed by atoms with Crippen LogP contribution in [0.2, 0.25) is 0 Å². The van der Waals surface area contributed by atoms with Gasteiger partial charge in [0.1, 0.15) is 11.6 Å². The SMILES string of the molecule is Cc1nc(N2CCC(OCCO)CC2)cc(=O)[nH]1. The molecule has 100 valence electrons. The third-order valence-corrected chi connectivity index (χ3v) is 3.06. The molecule has 0 aliphatic carbocycles. The normalized spacial score (nSPS) is 17.1. The van der Waals surface area contributed by atoms with Gasteiger partial charge < -0.3 is 19.7 Å². The van der Waals surface area contributed by atoms with Crippen LogP contribution in [-0.2, 0) is 4.74 Å². The van der Waals surface area contributed by atoms with Gasteiger partial charge in [0.25, 0.3) is 5.56 Å². The molecule has 2 rings (SSSR count). The molecule has 0 atom stereocenters. The molecule has 1 aliphatic heterocycles. The molecule has 2 N–H and O–H groups in total. The zero-order valence-corrected chi connectivity index (χ0v) is 10.6. The van der Waals surface area contributed by atoms with Crippen LogP contribution in [0.3, 0.4) is 0 Å². The van der Waals surface area contributed by atoms with Gasteiger partial charge in [-0.05, 0) is 19.8 Å². The maximum absolute atomic E-state index is 11.4. The maximum Gasteiger partial charge on any atom is 0.252 e. The zero-order valence-electron chi connectivity index (χ0n) is 10.6. The fraction of sp³-hybridized carbons (Fsp3) is 0.667. The molecule has 0 saturated carbocycles. The lowest BCUT2D eigenvalue weighted by atomic mass is 10.1. The summed E-state index contributed by atoms with van der Waals surface area (Å²) in [6.07, 6.45) is 2.00. The van der Waals surface area contributed by atoms with Gasteiger partial charge in [-0.1, -0.05) is 0 Å². The maximum atomic E-state index is 11.4. The van der Waals surface area contributed by atoms with Crippen LogP contribution in [0.15, 0.2) is 10.9 Å². The largest absolute Gasteiger partial charge is 0.394 e. The van der Waals surface area contributed by atoms with Crippen LogP contribution < -0.4 is 10.5 Å². The molecule has 1 fully saturated rings. The summed E-state index contributed by atoms with van der Waals surface area (Å²) in [5, 5.41) is 8.70. The summed E-state index contributed by atoms with van der Waals surface area (Å²) < 4.78 is 5.50. The number of aliphatic hydroxyl groups is 1.